The summed E-state index contributed by atoms with van der Waals surface area (Å²) in [6.07, 6.45) is 8.55. The molecule has 3 aliphatic rings. The molecule has 1 fully saturated rings. The number of fused-ring (bicyclic) bond motifs is 1. The first-order valence-electron chi connectivity index (χ1n) is 8.26. The van der Waals surface area contributed by atoms with Gasteiger partial charge in [0.2, 0.25) is 0 Å². The summed E-state index contributed by atoms with van der Waals surface area (Å²) in [6, 6.07) is 3.25. The van der Waals surface area contributed by atoms with Crippen molar-refractivity contribution >= 4 is 10.2 Å². The minimum absolute atomic E-state index is 0.157. The summed E-state index contributed by atoms with van der Waals surface area (Å²) in [5.74, 6) is -0.888. The normalized spacial score (nSPS) is 23.3. The largest absolute Gasteiger partial charge is 0.364 e. The highest BCUT2D eigenvalue weighted by Gasteiger charge is 2.34. The fourth-order valence-corrected chi connectivity index (χ4v) is 4.36. The van der Waals surface area contributed by atoms with Crippen LogP contribution >= 0.6 is 0 Å². The Morgan fingerprint density at radius 1 is 1.19 bits per heavy atom. The van der Waals surface area contributed by atoms with Crippen molar-refractivity contribution in [3.8, 4) is 0 Å². The van der Waals surface area contributed by atoms with E-state index >= 15 is 0 Å². The molecule has 0 radical (unpaired) electrons. The van der Waals surface area contributed by atoms with Gasteiger partial charge in [0.25, 0.3) is 10.2 Å². The highest BCUT2D eigenvalue weighted by Crippen LogP contribution is 2.38. The predicted molar refractivity (Wildman–Crippen MR) is 92.0 cm³/mol. The van der Waals surface area contributed by atoms with Crippen LogP contribution in [0.15, 0.2) is 54.0 Å². The first-order chi connectivity index (χ1) is 12.3. The van der Waals surface area contributed by atoms with E-state index in [0.717, 1.165) is 35.1 Å². The lowest BCUT2D eigenvalue weighted by atomic mass is 10.0. The monoisotopic (exact) mass is 380 g/mol. The van der Waals surface area contributed by atoms with Crippen LogP contribution in [0.1, 0.15) is 24.4 Å². The quantitative estimate of drug-likeness (QED) is 0.872. The van der Waals surface area contributed by atoms with Gasteiger partial charge >= 0.3 is 0 Å². The molecule has 0 spiro atoms. The van der Waals surface area contributed by atoms with E-state index in [0.29, 0.717) is 17.8 Å². The topological polar surface area (TPSA) is 69.9 Å². The Labute approximate surface area is 150 Å². The maximum Gasteiger partial charge on any atom is 0.294 e. The molecular weight excluding hydrogens is 362 g/mol. The number of benzene rings is 1. The van der Waals surface area contributed by atoms with E-state index in [4.69, 9.17) is 5.14 Å². The zero-order valence-electron chi connectivity index (χ0n) is 13.8. The lowest BCUT2D eigenvalue weighted by Gasteiger charge is -2.33. The number of likely N-dealkylation sites (tertiary alicyclic amines) is 1. The fraction of sp³-hybridized carbons (Fsp3) is 0.294. The smallest absolute Gasteiger partial charge is 0.294 e. The van der Waals surface area contributed by atoms with Gasteiger partial charge in [0, 0.05) is 24.0 Å². The minimum Gasteiger partial charge on any atom is -0.364 e. The Morgan fingerprint density at radius 3 is 2.77 bits per heavy atom. The molecule has 0 bridgehead atoms. The van der Waals surface area contributed by atoms with E-state index in [1.807, 2.05) is 11.0 Å². The zero-order valence-corrected chi connectivity index (χ0v) is 14.7. The van der Waals surface area contributed by atoms with Crippen LogP contribution in [-0.2, 0) is 10.2 Å². The predicted octanol–water partition coefficient (Wildman–Crippen LogP) is 2.13. The molecule has 3 aliphatic heterocycles. The van der Waals surface area contributed by atoms with Crippen molar-refractivity contribution in [3.05, 3.63) is 71.2 Å². The van der Waals surface area contributed by atoms with Gasteiger partial charge in [-0.1, -0.05) is 4.41 Å². The Kier molecular flexibility index (Phi) is 4.09. The Hall–Kier alpha value is -2.23. The van der Waals surface area contributed by atoms with Crippen molar-refractivity contribution in [1.82, 2.24) is 14.3 Å². The lowest BCUT2D eigenvalue weighted by Crippen LogP contribution is -2.43. The molecule has 0 aliphatic carbocycles. The average molecular weight is 380 g/mol. The Bertz CT molecular complexity index is 942. The third kappa shape index (κ3) is 2.91. The van der Waals surface area contributed by atoms with Gasteiger partial charge in [-0.05, 0) is 49.3 Å². The van der Waals surface area contributed by atoms with Gasteiger partial charge < -0.3 is 4.90 Å². The van der Waals surface area contributed by atoms with Gasteiger partial charge in [-0.3, -0.25) is 5.01 Å². The van der Waals surface area contributed by atoms with E-state index in [1.165, 1.54) is 11.1 Å². The Balaban J connectivity index is 1.62. The molecular formula is C17H18F2N4O2S. The van der Waals surface area contributed by atoms with Crippen LogP contribution in [0.25, 0.3) is 0 Å². The molecule has 0 saturated carbocycles. The van der Waals surface area contributed by atoms with Gasteiger partial charge in [0.1, 0.15) is 11.6 Å². The van der Waals surface area contributed by atoms with Gasteiger partial charge in [-0.25, -0.2) is 13.9 Å². The third-order valence-electron chi connectivity index (χ3n) is 4.84. The third-order valence-corrected chi connectivity index (χ3v) is 5.75. The number of hydrazine groups is 1. The number of nitrogens with two attached hydrogens (primary N) is 1. The average Bonchev–Trinajstić information content (AvgIpc) is 3.22. The summed E-state index contributed by atoms with van der Waals surface area (Å²) >= 11 is 0. The summed E-state index contributed by atoms with van der Waals surface area (Å²) in [7, 11) is -3.85. The summed E-state index contributed by atoms with van der Waals surface area (Å²) in [4.78, 5) is 2.02. The fourth-order valence-electron chi connectivity index (χ4n) is 3.69. The SMILES string of the molecule is NS(=O)(=O)N1CC=C2C=C(N3CCC[C@@H]3c3cc(F)ccc3F)C=CN21. The van der Waals surface area contributed by atoms with E-state index in [1.54, 1.807) is 18.4 Å². The van der Waals surface area contributed by atoms with Crippen LogP contribution < -0.4 is 5.14 Å². The van der Waals surface area contributed by atoms with Gasteiger partial charge in [-0.15, -0.1) is 0 Å². The standard InChI is InChI=1S/C17H18F2N4O2S/c18-12-3-4-16(19)15(10-12)17-2-1-7-21(17)13-5-8-22-14(11-13)6-9-23(22)26(20,24)25/h3-6,8,10-11,17H,1-2,7,9H2,(H2,20,24,25)/t17-/m1/s1. The molecule has 1 aromatic carbocycles. The number of nitrogens with zero attached hydrogens (tertiary/aromatic N) is 3. The molecule has 0 unspecified atom stereocenters. The second-order valence-corrected chi connectivity index (χ2v) is 7.88. The van der Waals surface area contributed by atoms with Crippen molar-refractivity contribution in [2.45, 2.75) is 18.9 Å². The first-order valence-corrected chi connectivity index (χ1v) is 9.76. The van der Waals surface area contributed by atoms with Crippen molar-refractivity contribution in [3.63, 3.8) is 0 Å². The molecule has 0 amide bonds. The number of halogens is 2. The summed E-state index contributed by atoms with van der Waals surface area (Å²) < 4.78 is 52.1. The highest BCUT2D eigenvalue weighted by molar-refractivity contribution is 7.86. The van der Waals surface area contributed by atoms with Crippen LogP contribution in [0.2, 0.25) is 0 Å². The van der Waals surface area contributed by atoms with E-state index in [9.17, 15) is 17.2 Å². The summed E-state index contributed by atoms with van der Waals surface area (Å²) in [5, 5.41) is 6.68. The second-order valence-electron chi connectivity index (χ2n) is 6.43. The molecule has 1 aromatic rings. The molecule has 9 heteroatoms. The number of allylic oxidation sites excluding steroid dienone is 2. The maximum atomic E-state index is 14.2. The zero-order chi connectivity index (χ0) is 18.5. The molecule has 1 saturated heterocycles. The number of hydrogen-bond acceptors (Lipinski definition) is 4. The van der Waals surface area contributed by atoms with Crippen LogP contribution in [-0.4, -0.2) is 35.8 Å². The van der Waals surface area contributed by atoms with Crippen molar-refractivity contribution in [2.24, 2.45) is 5.14 Å². The minimum atomic E-state index is -3.85. The first kappa shape index (κ1) is 17.2. The highest BCUT2D eigenvalue weighted by atomic mass is 32.2. The molecule has 4 rings (SSSR count). The molecule has 1 atom stereocenters. The number of hydrogen-bond donors (Lipinski definition) is 1. The van der Waals surface area contributed by atoms with Crippen molar-refractivity contribution < 1.29 is 17.2 Å². The van der Waals surface area contributed by atoms with E-state index in [-0.39, 0.29) is 12.6 Å². The van der Waals surface area contributed by atoms with Gasteiger partial charge in [0.05, 0.1) is 18.3 Å². The van der Waals surface area contributed by atoms with Crippen molar-refractivity contribution in [1.29, 1.82) is 0 Å². The molecule has 6 nitrogen and oxygen atoms in total. The molecule has 0 aromatic heterocycles. The molecule has 26 heavy (non-hydrogen) atoms. The van der Waals surface area contributed by atoms with Crippen LogP contribution in [0.4, 0.5) is 8.78 Å². The lowest BCUT2D eigenvalue weighted by molar-refractivity contribution is 0.205. The molecule has 138 valence electrons. The summed E-state index contributed by atoms with van der Waals surface area (Å²) in [6.45, 7) is 0.868. The molecule has 2 N–H and O–H groups in total. The maximum absolute atomic E-state index is 14.2. The van der Waals surface area contributed by atoms with E-state index in [2.05, 4.69) is 0 Å². The Morgan fingerprint density at radius 2 is 2.00 bits per heavy atom. The summed E-state index contributed by atoms with van der Waals surface area (Å²) in [5.41, 5.74) is 1.85. The van der Waals surface area contributed by atoms with Gasteiger partial charge in [0.15, 0.2) is 0 Å². The second kappa shape index (κ2) is 6.19. The number of rotatable bonds is 3. The van der Waals surface area contributed by atoms with Crippen LogP contribution in [0.3, 0.4) is 0 Å². The van der Waals surface area contributed by atoms with Gasteiger partial charge in [-0.2, -0.15) is 8.42 Å². The van der Waals surface area contributed by atoms with E-state index < -0.39 is 21.8 Å². The van der Waals surface area contributed by atoms with Crippen LogP contribution in [0.5, 0.6) is 0 Å². The van der Waals surface area contributed by atoms with Crippen molar-refractivity contribution in [2.75, 3.05) is 13.1 Å². The molecule has 3 heterocycles. The van der Waals surface area contributed by atoms with Crippen LogP contribution in [0, 0.1) is 11.6 Å².